The molecule has 6 atom stereocenters. The quantitative estimate of drug-likeness (QED) is 0.0154. The fourth-order valence-corrected chi connectivity index (χ4v) is 6.95. The molecule has 0 saturated carbocycles. The van der Waals surface area contributed by atoms with Crippen LogP contribution in [-0.2, 0) is 28.5 Å². The van der Waals surface area contributed by atoms with Gasteiger partial charge in [-0.3, -0.25) is 9.59 Å². The van der Waals surface area contributed by atoms with Crippen LogP contribution < -0.4 is 5.73 Å². The summed E-state index contributed by atoms with van der Waals surface area (Å²) in [5, 5.41) is 30.1. The Hall–Kier alpha value is -0.360. The highest BCUT2D eigenvalue weighted by atomic mass is 128. The first-order chi connectivity index (χ1) is 28.3. The Morgan fingerprint density at radius 2 is 0.983 bits per heavy atom. The van der Waals surface area contributed by atoms with Gasteiger partial charge in [0.25, 0.3) is 0 Å². The molecule has 58 heavy (non-hydrogen) atoms. The number of unbranched alkanes of at least 4 members (excludes halogenated alkanes) is 24. The van der Waals surface area contributed by atoms with Gasteiger partial charge in [-0.25, -0.2) is 0 Å². The minimum absolute atomic E-state index is 0.183. The summed E-state index contributed by atoms with van der Waals surface area (Å²) in [6.45, 7) is 3.57. The van der Waals surface area contributed by atoms with E-state index in [0.717, 1.165) is 51.4 Å². The number of rotatable bonds is 38. The van der Waals surface area contributed by atoms with Crippen LogP contribution in [0.5, 0.6) is 0 Å². The lowest BCUT2D eigenvalue weighted by Gasteiger charge is -2.41. The van der Waals surface area contributed by atoms with Crippen LogP contribution >= 0.6 is 37.2 Å². The molecule has 0 radical (unpaired) electrons. The van der Waals surface area contributed by atoms with Crippen LogP contribution in [0.1, 0.15) is 206 Å². The summed E-state index contributed by atoms with van der Waals surface area (Å²) in [6, 6.07) is -1.18. The highest BCUT2D eigenvalue weighted by Gasteiger charge is 2.44. The molecular weight excluding hydrogens is 964 g/mol. The summed E-state index contributed by atoms with van der Waals surface area (Å²) in [5.41, 5.74) is 6.04. The molecule has 1 rings (SSSR count). The third-order valence-electron chi connectivity index (χ3n) is 10.6. The van der Waals surface area contributed by atoms with E-state index >= 15 is 0 Å². The van der Waals surface area contributed by atoms with E-state index in [1.54, 1.807) is 0 Å². The second kappa shape index (κ2) is 43.3. The number of hydrogen-bond acceptors (Lipinski definition) is 10. The molecule has 342 valence electrons. The molecule has 1 aliphatic rings. The Morgan fingerprint density at radius 3 is 1.40 bits per heavy atom. The van der Waals surface area contributed by atoms with Gasteiger partial charge in [0.2, 0.25) is 6.29 Å². The molecular formula is C46H85I2NO9. The van der Waals surface area contributed by atoms with Crippen LogP contribution in [0.4, 0.5) is 0 Å². The van der Waals surface area contributed by atoms with Crippen molar-refractivity contribution in [2.75, 3.05) is 13.2 Å². The second-order valence-corrected chi connectivity index (χ2v) is 15.9. The number of esters is 2. The predicted molar refractivity (Wildman–Crippen MR) is 254 cm³/mol. The van der Waals surface area contributed by atoms with Gasteiger partial charge in [-0.05, 0) is 64.2 Å². The minimum Gasteiger partial charge on any atom is -0.459 e. The normalized spacial score (nSPS) is 20.0. The molecule has 1 fully saturated rings. The zero-order chi connectivity index (χ0) is 42.9. The van der Waals surface area contributed by atoms with Gasteiger partial charge in [-0.2, -0.15) is 0 Å². The van der Waals surface area contributed by atoms with Crippen molar-refractivity contribution in [3.8, 4) is 0 Å². The second-order valence-electron chi connectivity index (χ2n) is 15.9. The first kappa shape index (κ1) is 57.6. The number of ether oxygens (including phenoxy) is 4. The molecule has 0 spiro atoms. The molecule has 1 saturated heterocycles. The number of halogens is 2. The van der Waals surface area contributed by atoms with Gasteiger partial charge < -0.3 is 40.0 Å². The van der Waals surface area contributed by atoms with Gasteiger partial charge >= 0.3 is 11.9 Å². The van der Waals surface area contributed by atoms with Crippen LogP contribution in [0.3, 0.4) is 0 Å². The van der Waals surface area contributed by atoms with E-state index in [4.69, 9.17) is 24.7 Å². The Balaban J connectivity index is 0.0000160. The molecule has 10 nitrogen and oxygen atoms in total. The van der Waals surface area contributed by atoms with E-state index in [1.807, 2.05) is 0 Å². The summed E-state index contributed by atoms with van der Waals surface area (Å²) in [4.78, 5) is 25.4. The zero-order valence-corrected chi connectivity index (χ0v) is 40.8. The van der Waals surface area contributed by atoms with Crippen LogP contribution in [-0.4, -0.2) is 77.4 Å². The summed E-state index contributed by atoms with van der Waals surface area (Å²) in [7, 11) is 0. The third kappa shape index (κ3) is 33.3. The lowest BCUT2D eigenvalue weighted by Crippen LogP contribution is -2.63. The Morgan fingerprint density at radius 1 is 0.603 bits per heavy atom. The van der Waals surface area contributed by atoms with Gasteiger partial charge in [0, 0.05) is 50.1 Å². The fourth-order valence-electron chi connectivity index (χ4n) is 6.95. The Bertz CT molecular complexity index is 987. The van der Waals surface area contributed by atoms with Crippen molar-refractivity contribution in [1.82, 2.24) is 0 Å². The first-order valence-electron chi connectivity index (χ1n) is 23.2. The smallest absolute Gasteiger partial charge is 0.308 e. The lowest BCUT2D eigenvalue weighted by molar-refractivity contribution is -0.309. The average Bonchev–Trinajstić information content (AvgIpc) is 3.23. The number of allylic oxidation sites excluding steroid dienone is 4. The van der Waals surface area contributed by atoms with Gasteiger partial charge in [0.05, 0.1) is 12.6 Å². The zero-order valence-electron chi connectivity index (χ0n) is 36.5. The maximum atomic E-state index is 12.8. The van der Waals surface area contributed by atoms with Gasteiger partial charge in [-0.1, -0.05) is 154 Å². The van der Waals surface area contributed by atoms with E-state index in [9.17, 15) is 24.9 Å². The minimum atomic E-state index is -1.43. The molecule has 0 aromatic carbocycles. The summed E-state index contributed by atoms with van der Waals surface area (Å²) in [5.74, 6) is -0.922. The number of nitrogens with two attached hydrogens (primary N) is 1. The van der Waals surface area contributed by atoms with Crippen molar-refractivity contribution < 1.29 is 43.9 Å². The highest BCUT2D eigenvalue weighted by molar-refractivity contribution is 15.0. The summed E-state index contributed by atoms with van der Waals surface area (Å²) < 4.78 is 22.3. The van der Waals surface area contributed by atoms with Crippen LogP contribution in [0, 0.1) is 0 Å². The molecule has 0 aliphatic carbocycles. The fraction of sp³-hybridized carbons (Fsp3) is 0.870. The van der Waals surface area contributed by atoms with Crippen LogP contribution in [0.15, 0.2) is 24.3 Å². The molecule has 0 amide bonds. The monoisotopic (exact) mass is 1050 g/mol. The molecule has 0 aromatic heterocycles. The molecule has 1 heterocycles. The number of aliphatic hydroxyl groups excluding tert-OH is 3. The van der Waals surface area contributed by atoms with Crippen molar-refractivity contribution >= 4 is 49.2 Å². The average molecular weight is 1050 g/mol. The van der Waals surface area contributed by atoms with Crippen LogP contribution in [0.25, 0.3) is 0 Å². The molecule has 0 aromatic rings. The van der Waals surface area contributed by atoms with Crippen molar-refractivity contribution in [1.29, 1.82) is 0 Å². The summed E-state index contributed by atoms with van der Waals surface area (Å²) in [6.07, 6.45) is 36.0. The Kier molecular flexibility index (Phi) is 43.0. The number of carbonyl (C=O) groups excluding carboxylic acids is 2. The first-order valence-corrected chi connectivity index (χ1v) is 29.4. The Labute approximate surface area is 377 Å². The molecule has 4 unspecified atom stereocenters. The maximum Gasteiger partial charge on any atom is 0.308 e. The molecule has 12 heteroatoms. The van der Waals surface area contributed by atoms with E-state index in [-0.39, 0.29) is 19.4 Å². The topological polar surface area (TPSA) is 158 Å². The standard InChI is InChI=1S/C46H85NO9.I2/c1-3-5-7-9-11-13-15-17-19-21-23-25-27-29-31-33-35-40(49)53-38-42(56-46-43(47)45(52)44(51)39(37-48)54-46)55-41(50)36-34-32-30-28-26-24-22-20-18-16-14-12-10-8-6-4-2;1-2/h17-20,39,42-46,48,51-52H,3-16,21-38,47H2,1-2H3;/b19-17-,20-18-;/t39?,42?,43?,44-,45?,46+;/m1./s1. The SMILES string of the molecule is CCCCCCCC/C=C\CCCCCCCCC(=O)OCC(OC(=O)CCCCCCCC/C=C\CCCCCCCC)O[C@@H]1OC(CO)[C@@H](O)C(O)C1N.II. The molecule has 1 aliphatic heterocycles. The van der Waals surface area contributed by atoms with Crippen molar-refractivity contribution in [2.45, 2.75) is 243 Å². The largest absolute Gasteiger partial charge is 0.459 e. The number of aliphatic hydroxyl groups is 3. The molecule has 5 N–H and O–H groups in total. The van der Waals surface area contributed by atoms with Crippen molar-refractivity contribution in [2.24, 2.45) is 5.73 Å². The maximum absolute atomic E-state index is 12.8. The highest BCUT2D eigenvalue weighted by Crippen LogP contribution is 2.23. The van der Waals surface area contributed by atoms with E-state index < -0.39 is 55.5 Å². The van der Waals surface area contributed by atoms with Crippen molar-refractivity contribution in [3.63, 3.8) is 0 Å². The van der Waals surface area contributed by atoms with Gasteiger partial charge in [0.15, 0.2) is 12.9 Å². The van der Waals surface area contributed by atoms with Gasteiger partial charge in [0.1, 0.15) is 18.3 Å². The third-order valence-corrected chi connectivity index (χ3v) is 10.6. The lowest BCUT2D eigenvalue weighted by atomic mass is 9.98. The van der Waals surface area contributed by atoms with Crippen molar-refractivity contribution in [3.05, 3.63) is 24.3 Å². The number of hydrogen-bond donors (Lipinski definition) is 4. The summed E-state index contributed by atoms with van der Waals surface area (Å²) >= 11 is 4.24. The van der Waals surface area contributed by atoms with E-state index in [2.05, 4.69) is 75.4 Å². The number of carbonyl (C=O) groups is 2. The van der Waals surface area contributed by atoms with Crippen LogP contribution in [0.2, 0.25) is 0 Å². The van der Waals surface area contributed by atoms with E-state index in [0.29, 0.717) is 12.8 Å². The van der Waals surface area contributed by atoms with Gasteiger partial charge in [-0.15, -0.1) is 0 Å². The predicted octanol–water partition coefficient (Wildman–Crippen LogP) is 11.8. The van der Waals surface area contributed by atoms with E-state index in [1.165, 1.54) is 116 Å². The molecule has 0 bridgehead atoms.